The number of para-hydroxylation sites is 1. The number of hydroxylamine groups is 1. The molecular weight excluding hydrogens is 334 g/mol. The summed E-state index contributed by atoms with van der Waals surface area (Å²) < 4.78 is 11.3. The van der Waals surface area contributed by atoms with Gasteiger partial charge in [-0.25, -0.2) is 4.79 Å². The molecule has 0 aliphatic heterocycles. The number of carbonyl (C=O) groups is 2. The smallest absolute Gasteiger partial charge is 0.362 e. The molecule has 2 aromatic carbocycles. The molecular formula is C20H21NO5. The molecule has 0 fully saturated rings. The van der Waals surface area contributed by atoms with E-state index in [0.717, 1.165) is 0 Å². The molecule has 1 N–H and O–H groups in total. The lowest BCUT2D eigenvalue weighted by Gasteiger charge is -2.17. The number of hydrogen-bond acceptors (Lipinski definition) is 5. The number of amides is 1. The van der Waals surface area contributed by atoms with Gasteiger partial charge >= 0.3 is 5.97 Å². The minimum absolute atomic E-state index is 0.102. The predicted molar refractivity (Wildman–Crippen MR) is 97.2 cm³/mol. The van der Waals surface area contributed by atoms with Crippen LogP contribution in [0.15, 0.2) is 61.2 Å². The molecule has 0 aromatic heterocycles. The van der Waals surface area contributed by atoms with Gasteiger partial charge in [0, 0.05) is 0 Å². The summed E-state index contributed by atoms with van der Waals surface area (Å²) in [5, 5.41) is 0. The zero-order valence-electron chi connectivity index (χ0n) is 14.7. The third-order valence-electron chi connectivity index (χ3n) is 3.18. The second kappa shape index (κ2) is 9.27. The maximum atomic E-state index is 12.5. The third kappa shape index (κ3) is 5.11. The van der Waals surface area contributed by atoms with Gasteiger partial charge in [-0.1, -0.05) is 36.9 Å². The van der Waals surface area contributed by atoms with E-state index in [9.17, 15) is 9.59 Å². The summed E-state index contributed by atoms with van der Waals surface area (Å²) in [4.78, 5) is 29.3. The Bertz CT molecular complexity index is 771. The molecule has 2 aromatic rings. The molecule has 0 radical (unpaired) electrons. The first kappa shape index (κ1) is 19.1. The third-order valence-corrected chi connectivity index (χ3v) is 3.18. The molecule has 0 atom stereocenters. The zero-order valence-corrected chi connectivity index (χ0v) is 14.7. The quantitative estimate of drug-likeness (QED) is 0.607. The maximum absolute atomic E-state index is 12.5. The van der Waals surface area contributed by atoms with Crippen LogP contribution in [0.1, 0.15) is 34.6 Å². The molecule has 136 valence electrons. The van der Waals surface area contributed by atoms with Gasteiger partial charge in [0.1, 0.15) is 6.61 Å². The van der Waals surface area contributed by atoms with Crippen molar-refractivity contribution in [3.05, 3.63) is 72.3 Å². The van der Waals surface area contributed by atoms with Crippen LogP contribution >= 0.6 is 0 Å². The number of ether oxygens (including phenoxy) is 2. The van der Waals surface area contributed by atoms with Gasteiger partial charge in [0.25, 0.3) is 5.91 Å². The zero-order chi connectivity index (χ0) is 18.9. The average Bonchev–Trinajstić information content (AvgIpc) is 2.64. The molecule has 26 heavy (non-hydrogen) atoms. The standard InChI is InChI=1S/C20H21NO5/c1-4-13-24-18-16(11-8-12-17(18)25-14(2)3)19(22)21-26-20(23)15-9-6-5-7-10-15/h4-12,14H,1,13H2,2-3H3,(H,21,22). The molecule has 0 aliphatic rings. The molecule has 6 heteroatoms. The second-order valence-electron chi connectivity index (χ2n) is 5.59. The molecule has 6 nitrogen and oxygen atoms in total. The van der Waals surface area contributed by atoms with Gasteiger partial charge in [0.05, 0.1) is 17.2 Å². The Balaban J connectivity index is 2.16. The van der Waals surface area contributed by atoms with Crippen LogP contribution in [0.25, 0.3) is 0 Å². The highest BCUT2D eigenvalue weighted by molar-refractivity contribution is 5.98. The summed E-state index contributed by atoms with van der Waals surface area (Å²) in [6.45, 7) is 7.53. The van der Waals surface area contributed by atoms with Crippen molar-refractivity contribution in [2.45, 2.75) is 20.0 Å². The number of benzene rings is 2. The van der Waals surface area contributed by atoms with Crippen LogP contribution in [0.4, 0.5) is 0 Å². The fraction of sp³-hybridized carbons (Fsp3) is 0.200. The van der Waals surface area contributed by atoms with Crippen LogP contribution in [0, 0.1) is 0 Å². The predicted octanol–water partition coefficient (Wildman–Crippen LogP) is 3.54. The number of nitrogens with one attached hydrogen (secondary N) is 1. The van der Waals surface area contributed by atoms with E-state index in [4.69, 9.17) is 14.3 Å². The Labute approximate surface area is 152 Å². The summed E-state index contributed by atoms with van der Waals surface area (Å²) in [5.41, 5.74) is 2.66. The topological polar surface area (TPSA) is 73.9 Å². The highest BCUT2D eigenvalue weighted by Gasteiger charge is 2.19. The van der Waals surface area contributed by atoms with Gasteiger partial charge in [-0.05, 0) is 38.1 Å². The van der Waals surface area contributed by atoms with Gasteiger partial charge in [0.2, 0.25) is 0 Å². The van der Waals surface area contributed by atoms with Gasteiger partial charge in [-0.2, -0.15) is 5.48 Å². The molecule has 0 unspecified atom stereocenters. The normalized spacial score (nSPS) is 10.1. The monoisotopic (exact) mass is 355 g/mol. The molecule has 1 amide bonds. The first-order valence-corrected chi connectivity index (χ1v) is 8.13. The molecule has 0 saturated carbocycles. The van der Waals surface area contributed by atoms with Crippen LogP contribution in [-0.2, 0) is 4.84 Å². The summed E-state index contributed by atoms with van der Waals surface area (Å²) in [6.07, 6.45) is 1.46. The van der Waals surface area contributed by atoms with Crippen molar-refractivity contribution < 1.29 is 23.9 Å². The van der Waals surface area contributed by atoms with Crippen LogP contribution < -0.4 is 15.0 Å². The van der Waals surface area contributed by atoms with Crippen molar-refractivity contribution in [1.82, 2.24) is 5.48 Å². The largest absolute Gasteiger partial charge is 0.487 e. The second-order valence-corrected chi connectivity index (χ2v) is 5.59. The van der Waals surface area contributed by atoms with E-state index >= 15 is 0 Å². The Morgan fingerprint density at radius 3 is 2.50 bits per heavy atom. The van der Waals surface area contributed by atoms with Crippen molar-refractivity contribution in [2.75, 3.05) is 6.61 Å². The van der Waals surface area contributed by atoms with Crippen LogP contribution in [-0.4, -0.2) is 24.6 Å². The fourth-order valence-electron chi connectivity index (χ4n) is 2.11. The number of hydrogen-bond donors (Lipinski definition) is 1. The first-order valence-electron chi connectivity index (χ1n) is 8.13. The van der Waals surface area contributed by atoms with Crippen molar-refractivity contribution in [3.63, 3.8) is 0 Å². The fourth-order valence-corrected chi connectivity index (χ4v) is 2.11. The summed E-state index contributed by atoms with van der Waals surface area (Å²) in [6, 6.07) is 13.3. The lowest BCUT2D eigenvalue weighted by atomic mass is 10.1. The van der Waals surface area contributed by atoms with Crippen LogP contribution in [0.2, 0.25) is 0 Å². The Kier molecular flexibility index (Phi) is 6.79. The first-order chi connectivity index (χ1) is 12.5. The summed E-state index contributed by atoms with van der Waals surface area (Å²) >= 11 is 0. The van der Waals surface area contributed by atoms with Crippen LogP contribution in [0.5, 0.6) is 11.5 Å². The molecule has 0 aliphatic carbocycles. The van der Waals surface area contributed by atoms with Crippen molar-refractivity contribution in [3.8, 4) is 11.5 Å². The van der Waals surface area contributed by atoms with E-state index in [1.54, 1.807) is 54.6 Å². The van der Waals surface area contributed by atoms with Crippen molar-refractivity contribution >= 4 is 11.9 Å². The van der Waals surface area contributed by atoms with E-state index in [1.807, 2.05) is 13.8 Å². The lowest BCUT2D eigenvalue weighted by molar-refractivity contribution is 0.0228. The number of carbonyl (C=O) groups excluding carboxylic acids is 2. The van der Waals surface area contributed by atoms with E-state index in [-0.39, 0.29) is 24.0 Å². The van der Waals surface area contributed by atoms with Gasteiger partial charge in [0.15, 0.2) is 11.5 Å². The van der Waals surface area contributed by atoms with Gasteiger partial charge in [-0.3, -0.25) is 4.79 Å². The van der Waals surface area contributed by atoms with Crippen molar-refractivity contribution in [1.29, 1.82) is 0 Å². The van der Waals surface area contributed by atoms with Crippen LogP contribution in [0.3, 0.4) is 0 Å². The summed E-state index contributed by atoms with van der Waals surface area (Å²) in [5.74, 6) is -0.608. The van der Waals surface area contributed by atoms with Gasteiger partial charge in [-0.15, -0.1) is 0 Å². The summed E-state index contributed by atoms with van der Waals surface area (Å²) in [7, 11) is 0. The SMILES string of the molecule is C=CCOc1c(OC(C)C)cccc1C(=O)NOC(=O)c1ccccc1. The molecule has 0 heterocycles. The minimum atomic E-state index is -0.665. The molecule has 0 bridgehead atoms. The van der Waals surface area contributed by atoms with E-state index in [1.165, 1.54) is 0 Å². The molecule has 0 saturated heterocycles. The van der Waals surface area contributed by atoms with E-state index in [0.29, 0.717) is 11.3 Å². The highest BCUT2D eigenvalue weighted by Crippen LogP contribution is 2.32. The Morgan fingerprint density at radius 1 is 1.12 bits per heavy atom. The van der Waals surface area contributed by atoms with Crippen molar-refractivity contribution in [2.24, 2.45) is 0 Å². The van der Waals surface area contributed by atoms with E-state index in [2.05, 4.69) is 12.1 Å². The Morgan fingerprint density at radius 2 is 1.85 bits per heavy atom. The Hall–Kier alpha value is -3.28. The average molecular weight is 355 g/mol. The highest BCUT2D eigenvalue weighted by atomic mass is 16.7. The van der Waals surface area contributed by atoms with E-state index < -0.39 is 11.9 Å². The lowest BCUT2D eigenvalue weighted by Crippen LogP contribution is -2.27. The maximum Gasteiger partial charge on any atom is 0.362 e. The molecule has 2 rings (SSSR count). The van der Waals surface area contributed by atoms with Gasteiger partial charge < -0.3 is 14.3 Å². The molecule has 0 spiro atoms. The minimum Gasteiger partial charge on any atom is -0.487 e. The number of rotatable bonds is 7.